The van der Waals surface area contributed by atoms with Gasteiger partial charge in [-0.25, -0.2) is 9.67 Å². The van der Waals surface area contributed by atoms with Gasteiger partial charge in [0.25, 0.3) is 5.56 Å². The topological polar surface area (TPSA) is 94.2 Å². The van der Waals surface area contributed by atoms with E-state index in [0.29, 0.717) is 39.2 Å². The summed E-state index contributed by atoms with van der Waals surface area (Å²) in [5, 5.41) is 10.0. The second-order valence-corrected chi connectivity index (χ2v) is 9.82. The van der Waals surface area contributed by atoms with E-state index >= 15 is 0 Å². The summed E-state index contributed by atoms with van der Waals surface area (Å²) in [6.07, 6.45) is 3.42. The Balaban J connectivity index is 1.49. The van der Waals surface area contributed by atoms with Crippen molar-refractivity contribution in [2.75, 3.05) is 0 Å². The van der Waals surface area contributed by atoms with Gasteiger partial charge in [0.1, 0.15) is 5.69 Å². The van der Waals surface area contributed by atoms with E-state index in [0.717, 1.165) is 22.5 Å². The first-order valence-electron chi connectivity index (χ1n) is 11.3. The number of nitrogens with one attached hydrogen (secondary N) is 1. The fourth-order valence-corrected chi connectivity index (χ4v) is 5.20. The third-order valence-corrected chi connectivity index (χ3v) is 7.05. The highest BCUT2D eigenvalue weighted by atomic mass is 35.5. The van der Waals surface area contributed by atoms with Gasteiger partial charge in [-0.15, -0.1) is 11.3 Å². The lowest BCUT2D eigenvalue weighted by Crippen LogP contribution is -2.27. The van der Waals surface area contributed by atoms with Crippen LogP contribution in [0.5, 0.6) is 0 Å². The van der Waals surface area contributed by atoms with Gasteiger partial charge < -0.3 is 5.32 Å². The Bertz CT molecular complexity index is 1650. The molecule has 0 spiro atoms. The number of thiazole rings is 1. The maximum Gasteiger partial charge on any atom is 0.268 e. The van der Waals surface area contributed by atoms with E-state index in [1.807, 2.05) is 50.2 Å². The largest absolute Gasteiger partial charge is 0.352 e. The minimum atomic E-state index is -0.247. The zero-order valence-electron chi connectivity index (χ0n) is 19.9. The van der Waals surface area contributed by atoms with Crippen molar-refractivity contribution in [1.82, 2.24) is 29.5 Å². The molecule has 0 aliphatic heterocycles. The number of nitrogens with zero attached hydrogens (tertiary/aromatic N) is 5. The number of aromatic nitrogens is 5. The molecule has 0 bridgehead atoms. The predicted octanol–water partition coefficient (Wildman–Crippen LogP) is 4.44. The van der Waals surface area contributed by atoms with Crippen LogP contribution in [0.25, 0.3) is 21.9 Å². The molecule has 36 heavy (non-hydrogen) atoms. The van der Waals surface area contributed by atoms with Crippen LogP contribution in [0.2, 0.25) is 5.02 Å². The quantitative estimate of drug-likeness (QED) is 0.358. The van der Waals surface area contributed by atoms with Crippen molar-refractivity contribution >= 4 is 33.8 Å². The zero-order valence-corrected chi connectivity index (χ0v) is 21.5. The molecule has 0 radical (unpaired) electrons. The van der Waals surface area contributed by atoms with Gasteiger partial charge in [-0.3, -0.25) is 19.0 Å². The standard InChI is InChI=1S/C26H23ClN6O2S/c1-15-4-5-19(27)11-22(15)33-16(2)10-21(31-33)24-17(3)30-26-32(25(24)35)20(14-36-26)12-23(34)29-13-18-6-8-28-9-7-18/h4-11,14H,12-13H2,1-3H3,(H,29,34). The Morgan fingerprint density at radius 1 is 1.11 bits per heavy atom. The van der Waals surface area contributed by atoms with Crippen molar-refractivity contribution in [2.24, 2.45) is 0 Å². The summed E-state index contributed by atoms with van der Waals surface area (Å²) in [6.45, 7) is 6.10. The predicted molar refractivity (Wildman–Crippen MR) is 141 cm³/mol. The molecule has 0 unspecified atom stereocenters. The van der Waals surface area contributed by atoms with Crippen molar-refractivity contribution in [1.29, 1.82) is 0 Å². The Hall–Kier alpha value is -3.82. The third-order valence-electron chi connectivity index (χ3n) is 5.94. The van der Waals surface area contributed by atoms with Gasteiger partial charge in [0.05, 0.1) is 23.4 Å². The van der Waals surface area contributed by atoms with Gasteiger partial charge in [-0.1, -0.05) is 17.7 Å². The highest BCUT2D eigenvalue weighted by Crippen LogP contribution is 2.26. The number of aryl methyl sites for hydroxylation is 3. The van der Waals surface area contributed by atoms with Crippen LogP contribution in [0.15, 0.2) is 59.0 Å². The number of carbonyl (C=O) groups excluding carboxylic acids is 1. The fraction of sp³-hybridized carbons (Fsp3) is 0.192. The highest BCUT2D eigenvalue weighted by molar-refractivity contribution is 7.15. The molecule has 0 saturated heterocycles. The molecular formula is C26H23ClN6O2S. The average Bonchev–Trinajstić information content (AvgIpc) is 3.43. The van der Waals surface area contributed by atoms with E-state index in [1.165, 1.54) is 15.7 Å². The SMILES string of the molecule is Cc1ccc(Cl)cc1-n1nc(-c2c(C)nc3scc(CC(=O)NCc4ccncc4)n3c2=O)cc1C. The lowest BCUT2D eigenvalue weighted by atomic mass is 10.1. The number of carbonyl (C=O) groups is 1. The normalized spacial score (nSPS) is 11.2. The Morgan fingerprint density at radius 3 is 2.67 bits per heavy atom. The summed E-state index contributed by atoms with van der Waals surface area (Å²) in [5.74, 6) is -0.183. The van der Waals surface area contributed by atoms with Crippen molar-refractivity contribution in [3.05, 3.63) is 97.8 Å². The van der Waals surface area contributed by atoms with Gasteiger partial charge in [-0.2, -0.15) is 5.10 Å². The monoisotopic (exact) mass is 518 g/mol. The van der Waals surface area contributed by atoms with Crippen molar-refractivity contribution < 1.29 is 4.79 Å². The minimum Gasteiger partial charge on any atom is -0.352 e. The Labute approximate surface area is 216 Å². The van der Waals surface area contributed by atoms with E-state index in [-0.39, 0.29) is 17.9 Å². The molecule has 0 aliphatic rings. The molecule has 0 aliphatic carbocycles. The van der Waals surface area contributed by atoms with Crippen LogP contribution < -0.4 is 10.9 Å². The number of benzene rings is 1. The maximum absolute atomic E-state index is 13.7. The fourth-order valence-electron chi connectivity index (χ4n) is 4.10. The average molecular weight is 519 g/mol. The second kappa shape index (κ2) is 9.67. The van der Waals surface area contributed by atoms with E-state index in [4.69, 9.17) is 16.7 Å². The Kier molecular flexibility index (Phi) is 6.42. The first-order valence-corrected chi connectivity index (χ1v) is 12.6. The lowest BCUT2D eigenvalue weighted by Gasteiger charge is -2.09. The number of amides is 1. The van der Waals surface area contributed by atoms with E-state index in [9.17, 15) is 9.59 Å². The molecular weight excluding hydrogens is 496 g/mol. The summed E-state index contributed by atoms with van der Waals surface area (Å²) >= 11 is 7.56. The number of fused-ring (bicyclic) bond motifs is 1. The van der Waals surface area contributed by atoms with Crippen LogP contribution in [0.3, 0.4) is 0 Å². The molecule has 1 aromatic carbocycles. The van der Waals surface area contributed by atoms with Crippen molar-refractivity contribution in [2.45, 2.75) is 33.7 Å². The summed E-state index contributed by atoms with van der Waals surface area (Å²) in [4.78, 5) is 35.5. The molecule has 182 valence electrons. The second-order valence-electron chi connectivity index (χ2n) is 8.54. The zero-order chi connectivity index (χ0) is 25.4. The number of pyridine rings is 1. The van der Waals surface area contributed by atoms with Crippen LogP contribution in [0.1, 0.15) is 28.2 Å². The molecule has 0 atom stereocenters. The van der Waals surface area contributed by atoms with E-state index in [2.05, 4.69) is 15.3 Å². The summed E-state index contributed by atoms with van der Waals surface area (Å²) in [5.41, 5.74) is 5.53. The molecule has 1 amide bonds. The van der Waals surface area contributed by atoms with Crippen LogP contribution in [0.4, 0.5) is 0 Å². The molecule has 1 N–H and O–H groups in total. The molecule has 4 heterocycles. The van der Waals surface area contributed by atoms with Crippen LogP contribution in [-0.2, 0) is 17.8 Å². The van der Waals surface area contributed by atoms with Crippen molar-refractivity contribution in [3.63, 3.8) is 0 Å². The molecule has 10 heteroatoms. The van der Waals surface area contributed by atoms with Gasteiger partial charge in [-0.05, 0) is 62.2 Å². The number of hydrogen-bond donors (Lipinski definition) is 1. The maximum atomic E-state index is 13.7. The molecule has 5 rings (SSSR count). The van der Waals surface area contributed by atoms with Gasteiger partial charge in [0.15, 0.2) is 4.96 Å². The smallest absolute Gasteiger partial charge is 0.268 e. The van der Waals surface area contributed by atoms with Crippen LogP contribution in [-0.4, -0.2) is 30.1 Å². The minimum absolute atomic E-state index is 0.0599. The molecule has 0 fully saturated rings. The Morgan fingerprint density at radius 2 is 1.89 bits per heavy atom. The lowest BCUT2D eigenvalue weighted by molar-refractivity contribution is -0.120. The number of rotatable bonds is 6. The summed E-state index contributed by atoms with van der Waals surface area (Å²) < 4.78 is 3.30. The summed E-state index contributed by atoms with van der Waals surface area (Å²) in [6, 6.07) is 11.2. The van der Waals surface area contributed by atoms with Crippen LogP contribution >= 0.6 is 22.9 Å². The first kappa shape index (κ1) is 23.9. The molecule has 4 aromatic heterocycles. The molecule has 8 nitrogen and oxygen atoms in total. The van der Waals surface area contributed by atoms with E-state index < -0.39 is 0 Å². The number of halogens is 1. The van der Waals surface area contributed by atoms with Crippen molar-refractivity contribution in [3.8, 4) is 16.9 Å². The highest BCUT2D eigenvalue weighted by Gasteiger charge is 2.20. The third kappa shape index (κ3) is 4.55. The molecule has 0 saturated carbocycles. The number of hydrogen-bond acceptors (Lipinski definition) is 6. The first-order chi connectivity index (χ1) is 17.3. The van der Waals surface area contributed by atoms with Gasteiger partial charge >= 0.3 is 0 Å². The van der Waals surface area contributed by atoms with Gasteiger partial charge in [0, 0.05) is 40.7 Å². The van der Waals surface area contributed by atoms with E-state index in [1.54, 1.807) is 29.4 Å². The van der Waals surface area contributed by atoms with Crippen LogP contribution in [0, 0.1) is 20.8 Å². The molecule has 5 aromatic rings. The summed E-state index contributed by atoms with van der Waals surface area (Å²) in [7, 11) is 0. The van der Waals surface area contributed by atoms with Gasteiger partial charge in [0.2, 0.25) is 5.91 Å².